The Morgan fingerprint density at radius 1 is 0.387 bits per heavy atom. The Morgan fingerprint density at radius 3 is 1.03 bits per heavy atom. The SMILES string of the molecule is CCCc1cc(CCC)c(CCC)c(Cc2cc(CCC)cc(CCC)c2CCC)c1. The van der Waals surface area contributed by atoms with Gasteiger partial charge in [0.15, 0.2) is 0 Å². The topological polar surface area (TPSA) is 0 Å². The molecule has 0 atom stereocenters. The lowest BCUT2D eigenvalue weighted by atomic mass is 9.84. The van der Waals surface area contributed by atoms with Gasteiger partial charge in [-0.25, -0.2) is 0 Å². The summed E-state index contributed by atoms with van der Waals surface area (Å²) in [5, 5.41) is 0. The minimum Gasteiger partial charge on any atom is -0.0651 e. The van der Waals surface area contributed by atoms with Gasteiger partial charge in [-0.2, -0.15) is 0 Å². The van der Waals surface area contributed by atoms with E-state index in [1.165, 1.54) is 77.0 Å². The molecule has 31 heavy (non-hydrogen) atoms. The summed E-state index contributed by atoms with van der Waals surface area (Å²) < 4.78 is 0. The molecule has 0 aliphatic carbocycles. The van der Waals surface area contributed by atoms with E-state index in [1.807, 2.05) is 0 Å². The molecule has 172 valence electrons. The van der Waals surface area contributed by atoms with Gasteiger partial charge in [-0.05, 0) is 89.5 Å². The number of rotatable bonds is 14. The molecule has 0 amide bonds. The van der Waals surface area contributed by atoms with Gasteiger partial charge in [0.05, 0.1) is 0 Å². The van der Waals surface area contributed by atoms with Gasteiger partial charge in [-0.15, -0.1) is 0 Å². The zero-order valence-electron chi connectivity index (χ0n) is 21.5. The molecule has 0 unspecified atom stereocenters. The van der Waals surface area contributed by atoms with Gasteiger partial charge in [0, 0.05) is 0 Å². The molecular weight excluding hydrogens is 372 g/mol. The third-order valence-corrected chi connectivity index (χ3v) is 6.49. The van der Waals surface area contributed by atoms with Crippen LogP contribution in [0.3, 0.4) is 0 Å². The molecular formula is C31H48. The van der Waals surface area contributed by atoms with Crippen LogP contribution >= 0.6 is 0 Å². The Hall–Kier alpha value is -1.56. The minimum absolute atomic E-state index is 1.12. The molecule has 0 saturated heterocycles. The van der Waals surface area contributed by atoms with E-state index in [2.05, 4.69) is 65.8 Å². The molecule has 0 aromatic heterocycles. The highest BCUT2D eigenvalue weighted by atomic mass is 14.2. The average Bonchev–Trinajstić information content (AvgIpc) is 2.74. The zero-order valence-corrected chi connectivity index (χ0v) is 21.5. The normalized spacial score (nSPS) is 11.3. The van der Waals surface area contributed by atoms with Crippen molar-refractivity contribution in [3.8, 4) is 0 Å². The molecule has 0 heteroatoms. The van der Waals surface area contributed by atoms with Crippen LogP contribution < -0.4 is 0 Å². The predicted octanol–water partition coefficient (Wildman–Crippen LogP) is 8.99. The van der Waals surface area contributed by atoms with Crippen molar-refractivity contribution in [2.45, 2.75) is 125 Å². The van der Waals surface area contributed by atoms with Gasteiger partial charge in [0.25, 0.3) is 0 Å². The monoisotopic (exact) mass is 420 g/mol. The summed E-state index contributed by atoms with van der Waals surface area (Å²) in [6, 6.07) is 10.2. The first-order valence-corrected chi connectivity index (χ1v) is 13.4. The van der Waals surface area contributed by atoms with Gasteiger partial charge in [-0.3, -0.25) is 0 Å². The van der Waals surface area contributed by atoms with E-state index in [1.54, 1.807) is 44.5 Å². The molecule has 0 nitrogen and oxygen atoms in total. The fourth-order valence-corrected chi connectivity index (χ4v) is 5.25. The highest BCUT2D eigenvalue weighted by Gasteiger charge is 2.15. The van der Waals surface area contributed by atoms with E-state index in [0.717, 1.165) is 6.42 Å². The van der Waals surface area contributed by atoms with E-state index < -0.39 is 0 Å². The summed E-state index contributed by atoms with van der Waals surface area (Å²) in [4.78, 5) is 0. The third-order valence-electron chi connectivity index (χ3n) is 6.49. The van der Waals surface area contributed by atoms with Crippen molar-refractivity contribution in [1.29, 1.82) is 0 Å². The molecule has 0 spiro atoms. The molecule has 0 bridgehead atoms. The molecule has 0 radical (unpaired) electrons. The van der Waals surface area contributed by atoms with Gasteiger partial charge in [-0.1, -0.05) is 104 Å². The number of aryl methyl sites for hydroxylation is 4. The molecule has 0 aliphatic heterocycles. The smallest absolute Gasteiger partial charge is 0.00199 e. The van der Waals surface area contributed by atoms with Gasteiger partial charge in [0.1, 0.15) is 0 Å². The van der Waals surface area contributed by atoms with E-state index in [-0.39, 0.29) is 0 Å². The second kappa shape index (κ2) is 13.8. The summed E-state index contributed by atoms with van der Waals surface area (Å²) in [6.07, 6.45) is 15.8. The fourth-order valence-electron chi connectivity index (χ4n) is 5.25. The predicted molar refractivity (Wildman–Crippen MR) is 140 cm³/mol. The summed E-state index contributed by atoms with van der Waals surface area (Å²) in [6.45, 7) is 13.9. The Kier molecular flexibility index (Phi) is 11.4. The lowest BCUT2D eigenvalue weighted by molar-refractivity contribution is 0.821. The van der Waals surface area contributed by atoms with Gasteiger partial charge in [0.2, 0.25) is 0 Å². The van der Waals surface area contributed by atoms with Crippen LogP contribution in [0.4, 0.5) is 0 Å². The first-order chi connectivity index (χ1) is 15.1. The summed E-state index contributed by atoms with van der Waals surface area (Å²) in [7, 11) is 0. The van der Waals surface area contributed by atoms with Crippen LogP contribution in [0.25, 0.3) is 0 Å². The van der Waals surface area contributed by atoms with Crippen LogP contribution in [0.15, 0.2) is 24.3 Å². The van der Waals surface area contributed by atoms with Crippen LogP contribution in [0.2, 0.25) is 0 Å². The standard InChI is InChI=1S/C31H48/c1-7-13-24-19-26(15-9-3)30(17-11-5)28(21-24)23-29-22-25(14-8-2)20-27(16-10-4)31(29)18-12-6/h19-22H,7-18,23H2,1-6H3. The van der Waals surface area contributed by atoms with Crippen molar-refractivity contribution < 1.29 is 0 Å². The fraction of sp³-hybridized carbons (Fsp3) is 0.613. The van der Waals surface area contributed by atoms with Crippen molar-refractivity contribution in [2.75, 3.05) is 0 Å². The number of hydrogen-bond acceptors (Lipinski definition) is 0. The Labute approximate surface area is 193 Å². The summed E-state index contributed by atoms with van der Waals surface area (Å²) in [5.41, 5.74) is 12.9. The van der Waals surface area contributed by atoms with E-state index in [0.29, 0.717) is 0 Å². The number of hydrogen-bond donors (Lipinski definition) is 0. The molecule has 0 heterocycles. The molecule has 0 fully saturated rings. The molecule has 0 saturated carbocycles. The Morgan fingerprint density at radius 2 is 0.710 bits per heavy atom. The third kappa shape index (κ3) is 7.23. The van der Waals surface area contributed by atoms with E-state index in [9.17, 15) is 0 Å². The average molecular weight is 421 g/mol. The zero-order chi connectivity index (χ0) is 22.6. The van der Waals surface area contributed by atoms with Crippen molar-refractivity contribution in [3.63, 3.8) is 0 Å². The maximum atomic E-state index is 2.56. The summed E-state index contributed by atoms with van der Waals surface area (Å²) >= 11 is 0. The van der Waals surface area contributed by atoms with Gasteiger partial charge < -0.3 is 0 Å². The van der Waals surface area contributed by atoms with Crippen LogP contribution in [0.1, 0.15) is 125 Å². The Balaban J connectivity index is 2.63. The quantitative estimate of drug-likeness (QED) is 0.286. The Bertz CT molecular complexity index is 729. The van der Waals surface area contributed by atoms with Crippen molar-refractivity contribution >= 4 is 0 Å². The van der Waals surface area contributed by atoms with E-state index in [4.69, 9.17) is 0 Å². The van der Waals surface area contributed by atoms with Crippen LogP contribution in [0, 0.1) is 0 Å². The molecule has 0 aliphatic rings. The molecule has 0 N–H and O–H groups in total. The van der Waals surface area contributed by atoms with Crippen LogP contribution in [0.5, 0.6) is 0 Å². The minimum atomic E-state index is 1.12. The molecule has 2 aromatic rings. The second-order valence-electron chi connectivity index (χ2n) is 9.46. The number of benzene rings is 2. The lowest BCUT2D eigenvalue weighted by Gasteiger charge is -2.21. The van der Waals surface area contributed by atoms with Crippen molar-refractivity contribution in [1.82, 2.24) is 0 Å². The van der Waals surface area contributed by atoms with Crippen LogP contribution in [-0.4, -0.2) is 0 Å². The highest BCUT2D eigenvalue weighted by molar-refractivity contribution is 5.47. The maximum Gasteiger partial charge on any atom is -0.00199 e. The highest BCUT2D eigenvalue weighted by Crippen LogP contribution is 2.29. The van der Waals surface area contributed by atoms with Crippen molar-refractivity contribution in [2.24, 2.45) is 0 Å². The van der Waals surface area contributed by atoms with Crippen LogP contribution in [-0.2, 0) is 44.9 Å². The largest absolute Gasteiger partial charge is 0.0651 e. The molecule has 2 rings (SSSR count). The summed E-state index contributed by atoms with van der Waals surface area (Å²) in [5.74, 6) is 0. The lowest BCUT2D eigenvalue weighted by Crippen LogP contribution is -2.08. The van der Waals surface area contributed by atoms with E-state index >= 15 is 0 Å². The first-order valence-electron chi connectivity index (χ1n) is 13.4. The van der Waals surface area contributed by atoms with Crippen molar-refractivity contribution in [3.05, 3.63) is 68.8 Å². The first kappa shape index (κ1) is 25.7. The van der Waals surface area contributed by atoms with Gasteiger partial charge >= 0.3 is 0 Å². The maximum absolute atomic E-state index is 2.56. The molecule has 2 aromatic carbocycles. The second-order valence-corrected chi connectivity index (χ2v) is 9.46.